The van der Waals surface area contributed by atoms with Gasteiger partial charge in [-0.15, -0.1) is 0 Å². The van der Waals surface area contributed by atoms with Crippen molar-refractivity contribution in [3.8, 4) is 0 Å². The minimum absolute atomic E-state index is 0.0307. The van der Waals surface area contributed by atoms with Gasteiger partial charge in [-0.25, -0.2) is 8.78 Å². The summed E-state index contributed by atoms with van der Waals surface area (Å²) < 4.78 is 30.9. The Morgan fingerprint density at radius 2 is 2.00 bits per heavy atom. The van der Waals surface area contributed by atoms with Crippen molar-refractivity contribution in [3.63, 3.8) is 0 Å². The number of hydrogen-bond donors (Lipinski definition) is 0. The molecular formula is C9H7BrF2O. The Labute approximate surface area is 83.1 Å². The summed E-state index contributed by atoms with van der Waals surface area (Å²) in [5.74, 6) is -1.02. The van der Waals surface area contributed by atoms with E-state index in [0.717, 1.165) is 12.1 Å². The third-order valence-electron chi connectivity index (χ3n) is 1.56. The first-order valence-electron chi connectivity index (χ1n) is 3.44. The second-order valence-corrected chi connectivity index (χ2v) is 3.23. The second kappa shape index (κ2) is 3.87. The molecule has 0 amide bonds. The van der Waals surface area contributed by atoms with Crippen LogP contribution in [0.4, 0.5) is 8.78 Å². The highest BCUT2D eigenvalue weighted by Gasteiger charge is 2.10. The van der Waals surface area contributed by atoms with Crippen LogP contribution in [0.25, 0.3) is 5.76 Å². The summed E-state index contributed by atoms with van der Waals surface area (Å²) in [6.45, 7) is 3.43. The number of methoxy groups -OCH3 is 1. The quantitative estimate of drug-likeness (QED) is 0.576. The Balaban J connectivity index is 3.23. The largest absolute Gasteiger partial charge is 0.497 e. The highest BCUT2D eigenvalue weighted by molar-refractivity contribution is 9.10. The summed E-state index contributed by atoms with van der Waals surface area (Å²) >= 11 is 2.87. The molecule has 1 aromatic rings. The van der Waals surface area contributed by atoms with Crippen molar-refractivity contribution >= 4 is 21.7 Å². The molecule has 0 heterocycles. The van der Waals surface area contributed by atoms with Gasteiger partial charge in [0, 0.05) is 0 Å². The number of rotatable bonds is 2. The third kappa shape index (κ3) is 2.06. The lowest BCUT2D eigenvalue weighted by molar-refractivity contribution is 0.368. The summed E-state index contributed by atoms with van der Waals surface area (Å²) in [6, 6.07) is 2.07. The van der Waals surface area contributed by atoms with Crippen molar-refractivity contribution in [2.45, 2.75) is 0 Å². The molecule has 0 aliphatic heterocycles. The van der Waals surface area contributed by atoms with Gasteiger partial charge in [-0.2, -0.15) is 0 Å². The Hall–Kier alpha value is -0.900. The van der Waals surface area contributed by atoms with E-state index in [4.69, 9.17) is 4.74 Å². The minimum Gasteiger partial charge on any atom is -0.497 e. The van der Waals surface area contributed by atoms with Crippen molar-refractivity contribution in [3.05, 3.63) is 40.4 Å². The maximum Gasteiger partial charge on any atom is 0.138 e. The Bertz CT molecular complexity index is 350. The van der Waals surface area contributed by atoms with Gasteiger partial charge in [-0.05, 0) is 28.1 Å². The fourth-order valence-corrected chi connectivity index (χ4v) is 1.16. The molecule has 0 saturated carbocycles. The first-order valence-corrected chi connectivity index (χ1v) is 4.23. The third-order valence-corrected chi connectivity index (χ3v) is 2.16. The number of benzene rings is 1. The standard InChI is InChI=1S/C9H7BrF2O/c1-5(13-2)6-3-9(12)7(10)4-8(6)11/h3-4H,1H2,2H3. The first kappa shape index (κ1) is 10.2. The van der Waals surface area contributed by atoms with Crippen molar-refractivity contribution in [1.29, 1.82) is 0 Å². The molecule has 1 nitrogen and oxygen atoms in total. The predicted octanol–water partition coefficient (Wildman–Crippen LogP) is 3.34. The molecule has 0 aliphatic rings. The maximum absolute atomic E-state index is 13.1. The van der Waals surface area contributed by atoms with Gasteiger partial charge in [0.1, 0.15) is 17.4 Å². The number of hydrogen-bond acceptors (Lipinski definition) is 1. The van der Waals surface area contributed by atoms with Crippen molar-refractivity contribution in [1.82, 2.24) is 0 Å². The molecule has 0 N–H and O–H groups in total. The molecule has 0 unspecified atom stereocenters. The van der Waals surface area contributed by atoms with E-state index in [1.807, 2.05) is 0 Å². The van der Waals surface area contributed by atoms with E-state index in [9.17, 15) is 8.78 Å². The average molecular weight is 249 g/mol. The zero-order valence-electron chi connectivity index (χ0n) is 6.90. The lowest BCUT2D eigenvalue weighted by Crippen LogP contribution is -1.93. The molecule has 0 spiro atoms. The fourth-order valence-electron chi connectivity index (χ4n) is 0.846. The molecule has 13 heavy (non-hydrogen) atoms. The Morgan fingerprint density at radius 3 is 2.54 bits per heavy atom. The maximum atomic E-state index is 13.1. The lowest BCUT2D eigenvalue weighted by atomic mass is 10.2. The molecule has 0 bridgehead atoms. The molecule has 70 valence electrons. The van der Waals surface area contributed by atoms with Crippen LogP contribution in [0.2, 0.25) is 0 Å². The number of ether oxygens (including phenoxy) is 1. The minimum atomic E-state index is -0.569. The summed E-state index contributed by atoms with van der Waals surface area (Å²) in [5, 5.41) is 0. The van der Waals surface area contributed by atoms with E-state index in [1.165, 1.54) is 7.11 Å². The van der Waals surface area contributed by atoms with E-state index in [2.05, 4.69) is 22.5 Å². The Kier molecular flexibility index (Phi) is 3.03. The van der Waals surface area contributed by atoms with E-state index >= 15 is 0 Å². The summed E-state index contributed by atoms with van der Waals surface area (Å²) in [7, 11) is 1.35. The topological polar surface area (TPSA) is 9.23 Å². The van der Waals surface area contributed by atoms with Crippen LogP contribution in [0.3, 0.4) is 0 Å². The molecule has 0 aromatic heterocycles. The van der Waals surface area contributed by atoms with Gasteiger partial charge >= 0.3 is 0 Å². The summed E-state index contributed by atoms with van der Waals surface area (Å²) in [5.41, 5.74) is 0.0307. The molecule has 0 aliphatic carbocycles. The molecule has 0 fully saturated rings. The average Bonchev–Trinajstić information content (AvgIpc) is 2.10. The molecular weight excluding hydrogens is 242 g/mol. The summed E-state index contributed by atoms with van der Waals surface area (Å²) in [4.78, 5) is 0. The van der Waals surface area contributed by atoms with Gasteiger partial charge in [0.05, 0.1) is 17.1 Å². The van der Waals surface area contributed by atoms with Crippen molar-refractivity contribution in [2.75, 3.05) is 7.11 Å². The predicted molar refractivity (Wildman–Crippen MR) is 50.1 cm³/mol. The van der Waals surface area contributed by atoms with Gasteiger partial charge < -0.3 is 4.74 Å². The molecule has 4 heteroatoms. The van der Waals surface area contributed by atoms with Crippen molar-refractivity contribution in [2.24, 2.45) is 0 Å². The smallest absolute Gasteiger partial charge is 0.138 e. The second-order valence-electron chi connectivity index (χ2n) is 2.37. The van der Waals surface area contributed by atoms with Crippen LogP contribution in [0.15, 0.2) is 23.2 Å². The lowest BCUT2D eigenvalue weighted by Gasteiger charge is -2.06. The molecule has 1 aromatic carbocycles. The van der Waals surface area contributed by atoms with E-state index in [-0.39, 0.29) is 15.8 Å². The molecule has 0 radical (unpaired) electrons. The van der Waals surface area contributed by atoms with Crippen LogP contribution >= 0.6 is 15.9 Å². The van der Waals surface area contributed by atoms with Crippen LogP contribution in [0, 0.1) is 11.6 Å². The molecule has 0 atom stereocenters. The number of halogens is 3. The van der Waals surface area contributed by atoms with Crippen LogP contribution < -0.4 is 0 Å². The zero-order valence-corrected chi connectivity index (χ0v) is 8.49. The van der Waals surface area contributed by atoms with E-state index in [1.54, 1.807) is 0 Å². The van der Waals surface area contributed by atoms with Crippen LogP contribution in [-0.2, 0) is 4.74 Å². The van der Waals surface area contributed by atoms with Crippen LogP contribution in [0.1, 0.15) is 5.56 Å². The van der Waals surface area contributed by atoms with Gasteiger partial charge in [-0.3, -0.25) is 0 Å². The first-order chi connectivity index (χ1) is 6.06. The van der Waals surface area contributed by atoms with E-state index < -0.39 is 11.6 Å². The zero-order chi connectivity index (χ0) is 10.0. The van der Waals surface area contributed by atoms with Gasteiger partial charge in [-0.1, -0.05) is 6.58 Å². The van der Waals surface area contributed by atoms with Crippen LogP contribution in [-0.4, -0.2) is 7.11 Å². The monoisotopic (exact) mass is 248 g/mol. The Morgan fingerprint density at radius 1 is 1.38 bits per heavy atom. The van der Waals surface area contributed by atoms with Crippen molar-refractivity contribution < 1.29 is 13.5 Å². The van der Waals surface area contributed by atoms with Gasteiger partial charge in [0.25, 0.3) is 0 Å². The highest BCUT2D eigenvalue weighted by atomic mass is 79.9. The normalized spacial score (nSPS) is 9.85. The SMILES string of the molecule is C=C(OC)c1cc(F)c(Br)cc1F. The fraction of sp³-hybridized carbons (Fsp3) is 0.111. The van der Waals surface area contributed by atoms with Gasteiger partial charge in [0.15, 0.2) is 0 Å². The van der Waals surface area contributed by atoms with E-state index in [0.29, 0.717) is 0 Å². The highest BCUT2D eigenvalue weighted by Crippen LogP contribution is 2.24. The summed E-state index contributed by atoms with van der Waals surface area (Å²) in [6.07, 6.45) is 0. The van der Waals surface area contributed by atoms with Crippen LogP contribution in [0.5, 0.6) is 0 Å². The molecule has 1 rings (SSSR count). The molecule has 0 saturated heterocycles. The van der Waals surface area contributed by atoms with Gasteiger partial charge in [0.2, 0.25) is 0 Å².